The van der Waals surface area contributed by atoms with Crippen molar-refractivity contribution < 1.29 is 56.8 Å². The van der Waals surface area contributed by atoms with Crippen LogP contribution in [-0.4, -0.2) is 96.0 Å². The maximum Gasteiger partial charge on any atom is 0.306 e. The SMILES string of the molecule is CC/C=C\C/C=C\C/C=C\C/C=C\C/C=C\C/C=C\CCC(=O)OC(COC(=O)CCC/C=C\C/C=C\C/C=C\C/C=C\C/C=C\CC)COC1OC(CS(=O)(=O)O)C(O)C(O)C1O. The highest BCUT2D eigenvalue weighted by molar-refractivity contribution is 7.85. The van der Waals surface area contributed by atoms with Crippen LogP contribution in [0.15, 0.2) is 134 Å². The van der Waals surface area contributed by atoms with Crippen molar-refractivity contribution in [2.45, 2.75) is 153 Å². The molecule has 13 heteroatoms. The lowest BCUT2D eigenvalue weighted by molar-refractivity contribution is -0.297. The molecule has 6 unspecified atom stereocenters. The van der Waals surface area contributed by atoms with Crippen LogP contribution in [0.1, 0.15) is 117 Å². The number of hydrogen-bond acceptors (Lipinski definition) is 11. The molecule has 12 nitrogen and oxygen atoms in total. The molecule has 0 radical (unpaired) electrons. The number of ether oxygens (including phenoxy) is 4. The molecule has 1 saturated heterocycles. The minimum absolute atomic E-state index is 0.0176. The average Bonchev–Trinajstić information content (AvgIpc) is 3.26. The Morgan fingerprint density at radius 2 is 0.938 bits per heavy atom. The fourth-order valence-corrected chi connectivity index (χ4v) is 6.49. The van der Waals surface area contributed by atoms with E-state index >= 15 is 0 Å². The molecule has 4 N–H and O–H groups in total. The molecule has 1 rings (SSSR count). The largest absolute Gasteiger partial charge is 0.462 e. The molecule has 64 heavy (non-hydrogen) atoms. The molecule has 0 spiro atoms. The standard InChI is InChI=1S/C51H76O12S/c1-3-5-7-9-11-13-15-17-19-21-22-24-26-28-30-32-34-36-38-40-47(53)62-44(42-61-51-50(56)49(55)48(54)45(63-51)43-64(57,58)59)41-60-46(52)39-37-35-33-31-29-27-25-23-20-18-16-14-12-10-8-6-4-2/h5-8,11-14,17-20,22,24-25,27-28,30-31,33-34,36,44-45,48-51,54-56H,3-4,9-10,15-16,21,23,26,29,32,35,37-43H2,1-2H3,(H,57,58,59)/b7-5-,8-6-,13-11-,14-12-,19-17-,20-18-,24-22-,27-25-,30-28-,33-31-,36-34-. The van der Waals surface area contributed by atoms with Crippen molar-refractivity contribution in [3.05, 3.63) is 134 Å². The van der Waals surface area contributed by atoms with Crippen LogP contribution >= 0.6 is 0 Å². The predicted molar refractivity (Wildman–Crippen MR) is 256 cm³/mol. The van der Waals surface area contributed by atoms with Gasteiger partial charge in [0.25, 0.3) is 10.1 Å². The summed E-state index contributed by atoms with van der Waals surface area (Å²) in [5, 5.41) is 30.9. The Balaban J connectivity index is 2.56. The van der Waals surface area contributed by atoms with E-state index in [9.17, 15) is 37.9 Å². The Kier molecular flexibility index (Phi) is 35.4. The number of rotatable bonds is 35. The van der Waals surface area contributed by atoms with Gasteiger partial charge in [0, 0.05) is 12.8 Å². The Hall–Kier alpha value is -4.21. The minimum atomic E-state index is -4.63. The first-order valence-electron chi connectivity index (χ1n) is 22.7. The van der Waals surface area contributed by atoms with E-state index in [1.807, 2.05) is 30.4 Å². The van der Waals surface area contributed by atoms with Crippen molar-refractivity contribution in [2.24, 2.45) is 0 Å². The Morgan fingerprint density at radius 3 is 1.36 bits per heavy atom. The third-order valence-corrected chi connectivity index (χ3v) is 9.99. The summed E-state index contributed by atoms with van der Waals surface area (Å²) in [6.45, 7) is 3.39. The van der Waals surface area contributed by atoms with Crippen molar-refractivity contribution in [3.63, 3.8) is 0 Å². The third kappa shape index (κ3) is 33.3. The van der Waals surface area contributed by atoms with E-state index in [1.165, 1.54) is 0 Å². The first-order valence-corrected chi connectivity index (χ1v) is 24.4. The molecule has 1 fully saturated rings. The summed E-state index contributed by atoms with van der Waals surface area (Å²) < 4.78 is 53.9. The molecule has 0 amide bonds. The van der Waals surface area contributed by atoms with Crippen LogP contribution in [0.4, 0.5) is 0 Å². The number of aliphatic hydroxyl groups is 3. The molecule has 0 aromatic rings. The predicted octanol–water partition coefficient (Wildman–Crippen LogP) is 9.55. The van der Waals surface area contributed by atoms with Gasteiger partial charge in [-0.1, -0.05) is 148 Å². The van der Waals surface area contributed by atoms with Crippen molar-refractivity contribution in [2.75, 3.05) is 19.0 Å². The lowest BCUT2D eigenvalue weighted by Crippen LogP contribution is -2.60. The molecule has 0 saturated carbocycles. The lowest BCUT2D eigenvalue weighted by atomic mass is 10.00. The zero-order chi connectivity index (χ0) is 46.9. The van der Waals surface area contributed by atoms with Crippen molar-refractivity contribution in [3.8, 4) is 0 Å². The van der Waals surface area contributed by atoms with Gasteiger partial charge in [-0.3, -0.25) is 14.1 Å². The van der Waals surface area contributed by atoms with E-state index < -0.39 is 71.2 Å². The van der Waals surface area contributed by atoms with E-state index in [0.29, 0.717) is 25.7 Å². The summed E-state index contributed by atoms with van der Waals surface area (Å²) in [4.78, 5) is 25.4. The summed E-state index contributed by atoms with van der Waals surface area (Å²) >= 11 is 0. The topological polar surface area (TPSA) is 186 Å². The molecule has 0 aliphatic carbocycles. The van der Waals surface area contributed by atoms with Crippen LogP contribution in [0.3, 0.4) is 0 Å². The van der Waals surface area contributed by atoms with Crippen LogP contribution in [0, 0.1) is 0 Å². The second-order valence-electron chi connectivity index (χ2n) is 14.9. The van der Waals surface area contributed by atoms with E-state index in [-0.39, 0.29) is 19.4 Å². The fourth-order valence-electron chi connectivity index (χ4n) is 5.79. The number of allylic oxidation sites excluding steroid dienone is 22. The second kappa shape index (κ2) is 39.2. The van der Waals surface area contributed by atoms with E-state index in [2.05, 4.69) is 117 Å². The van der Waals surface area contributed by atoms with Crippen molar-refractivity contribution >= 4 is 22.1 Å². The highest BCUT2D eigenvalue weighted by atomic mass is 32.2. The second-order valence-corrected chi connectivity index (χ2v) is 16.4. The van der Waals surface area contributed by atoms with Crippen LogP contribution in [0.2, 0.25) is 0 Å². The van der Waals surface area contributed by atoms with Gasteiger partial charge in [0.05, 0.1) is 6.61 Å². The van der Waals surface area contributed by atoms with Crippen molar-refractivity contribution in [1.29, 1.82) is 0 Å². The van der Waals surface area contributed by atoms with Crippen molar-refractivity contribution in [1.82, 2.24) is 0 Å². The molecule has 1 aliphatic heterocycles. The number of unbranched alkanes of at least 4 members (excludes halogenated alkanes) is 1. The van der Waals surface area contributed by atoms with Gasteiger partial charge in [0.2, 0.25) is 0 Å². The molecule has 0 aromatic heterocycles. The van der Waals surface area contributed by atoms with Gasteiger partial charge in [0.15, 0.2) is 12.4 Å². The molecule has 1 aliphatic rings. The molecule has 0 bridgehead atoms. The Labute approximate surface area is 383 Å². The smallest absolute Gasteiger partial charge is 0.306 e. The third-order valence-electron chi connectivity index (χ3n) is 9.24. The maximum atomic E-state index is 12.8. The van der Waals surface area contributed by atoms with Gasteiger partial charge < -0.3 is 34.3 Å². The zero-order valence-corrected chi connectivity index (χ0v) is 38.9. The van der Waals surface area contributed by atoms with E-state index in [4.69, 9.17) is 18.9 Å². The summed E-state index contributed by atoms with van der Waals surface area (Å²) in [5.41, 5.74) is 0. The molecule has 358 valence electrons. The first-order chi connectivity index (χ1) is 31.0. The summed E-state index contributed by atoms with van der Waals surface area (Å²) in [7, 11) is -4.63. The summed E-state index contributed by atoms with van der Waals surface area (Å²) in [5.74, 6) is -2.19. The van der Waals surface area contributed by atoms with E-state index in [0.717, 1.165) is 64.2 Å². The molecular weight excluding hydrogens is 837 g/mol. The first kappa shape index (κ1) is 57.8. The highest BCUT2D eigenvalue weighted by Gasteiger charge is 2.46. The number of carbonyl (C=O) groups is 2. The van der Waals surface area contributed by atoms with Gasteiger partial charge in [-0.25, -0.2) is 0 Å². The van der Waals surface area contributed by atoms with Crippen LogP contribution in [0.25, 0.3) is 0 Å². The van der Waals surface area contributed by atoms with Gasteiger partial charge in [-0.2, -0.15) is 8.42 Å². The van der Waals surface area contributed by atoms with Crippen LogP contribution in [-0.2, 0) is 38.7 Å². The number of aliphatic hydroxyl groups excluding tert-OH is 3. The number of esters is 2. The molecule has 0 aromatic carbocycles. The van der Waals surface area contributed by atoms with Gasteiger partial charge in [-0.05, 0) is 89.9 Å². The Morgan fingerprint density at radius 1 is 0.531 bits per heavy atom. The zero-order valence-electron chi connectivity index (χ0n) is 38.1. The van der Waals surface area contributed by atoms with Gasteiger partial charge in [0.1, 0.15) is 36.8 Å². The normalized spacial score (nSPS) is 20.9. The van der Waals surface area contributed by atoms with Gasteiger partial charge in [-0.15, -0.1) is 0 Å². The molecular formula is C51H76O12S. The molecule has 1 heterocycles. The fraction of sp³-hybridized carbons (Fsp3) is 0.529. The quantitative estimate of drug-likeness (QED) is 0.0205. The van der Waals surface area contributed by atoms with E-state index in [1.54, 1.807) is 0 Å². The highest BCUT2D eigenvalue weighted by Crippen LogP contribution is 2.23. The monoisotopic (exact) mass is 913 g/mol. The Bertz CT molecular complexity index is 1680. The number of carbonyl (C=O) groups excluding carboxylic acids is 2. The summed E-state index contributed by atoms with van der Waals surface area (Å²) in [6, 6.07) is 0. The molecule has 6 atom stereocenters. The van der Waals surface area contributed by atoms with Crippen LogP contribution < -0.4 is 0 Å². The average molecular weight is 913 g/mol. The van der Waals surface area contributed by atoms with Crippen LogP contribution in [0.5, 0.6) is 0 Å². The minimum Gasteiger partial charge on any atom is -0.462 e. The maximum absolute atomic E-state index is 12.8. The number of hydrogen-bond donors (Lipinski definition) is 4. The lowest BCUT2D eigenvalue weighted by Gasteiger charge is -2.40. The van der Waals surface area contributed by atoms with Gasteiger partial charge >= 0.3 is 11.9 Å². The summed E-state index contributed by atoms with van der Waals surface area (Å²) in [6.07, 6.45) is 48.0.